The molecule has 3 aromatic rings. The summed E-state index contributed by atoms with van der Waals surface area (Å²) in [5.41, 5.74) is 4.06. The topological polar surface area (TPSA) is 58.7 Å². The van der Waals surface area contributed by atoms with Crippen molar-refractivity contribution in [3.63, 3.8) is 0 Å². The number of nitrogens with zero attached hydrogens (tertiary/aromatic N) is 2. The maximum Gasteiger partial charge on any atom is 0.152 e. The summed E-state index contributed by atoms with van der Waals surface area (Å²) in [5.74, 6) is 1.88. The van der Waals surface area contributed by atoms with Crippen LogP contribution in [0.25, 0.3) is 22.4 Å². The molecule has 5 nitrogen and oxygen atoms in total. The van der Waals surface area contributed by atoms with Crippen LogP contribution < -0.4 is 0 Å². The van der Waals surface area contributed by atoms with Gasteiger partial charge in [-0.1, -0.05) is 35.5 Å². The Labute approximate surface area is 177 Å². The Bertz CT molecular complexity index is 993. The predicted molar refractivity (Wildman–Crippen MR) is 116 cm³/mol. The van der Waals surface area contributed by atoms with Crippen LogP contribution in [0.15, 0.2) is 59.1 Å². The number of likely N-dealkylation sites (tertiary alicyclic amines) is 1. The Morgan fingerprint density at radius 2 is 1.87 bits per heavy atom. The summed E-state index contributed by atoms with van der Waals surface area (Å²) in [7, 11) is 1.79. The van der Waals surface area contributed by atoms with E-state index in [0.29, 0.717) is 5.92 Å². The third-order valence-electron chi connectivity index (χ3n) is 6.53. The molecule has 0 amide bonds. The molecule has 1 unspecified atom stereocenters. The molecule has 0 spiro atoms. The van der Waals surface area contributed by atoms with E-state index in [0.717, 1.165) is 67.2 Å². The SMILES string of the molecule is COCC1CCN(CC2(c3onc(-c4ccc(O)cc4)c3-c3ccccc3)CC2)C1. The van der Waals surface area contributed by atoms with Gasteiger partial charge < -0.3 is 19.3 Å². The van der Waals surface area contributed by atoms with Crippen LogP contribution in [-0.2, 0) is 10.2 Å². The Morgan fingerprint density at radius 3 is 2.57 bits per heavy atom. The van der Waals surface area contributed by atoms with Crippen molar-refractivity contribution in [2.45, 2.75) is 24.7 Å². The van der Waals surface area contributed by atoms with Crippen LogP contribution in [0, 0.1) is 5.92 Å². The highest BCUT2D eigenvalue weighted by Crippen LogP contribution is 2.54. The third kappa shape index (κ3) is 3.64. The van der Waals surface area contributed by atoms with E-state index in [1.165, 1.54) is 6.42 Å². The minimum Gasteiger partial charge on any atom is -0.508 e. The van der Waals surface area contributed by atoms with Gasteiger partial charge in [0.05, 0.1) is 12.2 Å². The van der Waals surface area contributed by atoms with Gasteiger partial charge in [-0.2, -0.15) is 0 Å². The van der Waals surface area contributed by atoms with Gasteiger partial charge in [-0.05, 0) is 61.6 Å². The average Bonchev–Trinajstić information content (AvgIpc) is 3.19. The normalized spacial score (nSPS) is 20.5. The van der Waals surface area contributed by atoms with E-state index in [-0.39, 0.29) is 11.2 Å². The first-order valence-electron chi connectivity index (χ1n) is 10.7. The number of ether oxygens (including phenoxy) is 1. The molecule has 0 radical (unpaired) electrons. The lowest BCUT2D eigenvalue weighted by Crippen LogP contribution is -2.31. The number of hydrogen-bond donors (Lipinski definition) is 1. The van der Waals surface area contributed by atoms with Crippen molar-refractivity contribution in [1.82, 2.24) is 10.1 Å². The van der Waals surface area contributed by atoms with Gasteiger partial charge in [0.2, 0.25) is 0 Å². The second kappa shape index (κ2) is 7.89. The first-order chi connectivity index (χ1) is 14.7. The largest absolute Gasteiger partial charge is 0.508 e. The predicted octanol–water partition coefficient (Wildman–Crippen LogP) is 4.71. The van der Waals surface area contributed by atoms with Gasteiger partial charge in [-0.15, -0.1) is 0 Å². The van der Waals surface area contributed by atoms with Gasteiger partial charge in [0.1, 0.15) is 11.4 Å². The summed E-state index contributed by atoms with van der Waals surface area (Å²) in [5, 5.41) is 14.2. The number of methoxy groups -OCH3 is 1. The van der Waals surface area contributed by atoms with Crippen molar-refractivity contribution in [2.24, 2.45) is 5.92 Å². The molecule has 1 saturated carbocycles. The van der Waals surface area contributed by atoms with Crippen LogP contribution in [0.2, 0.25) is 0 Å². The van der Waals surface area contributed by atoms with Crippen LogP contribution >= 0.6 is 0 Å². The second-order valence-electron chi connectivity index (χ2n) is 8.77. The van der Waals surface area contributed by atoms with Crippen LogP contribution in [-0.4, -0.2) is 48.5 Å². The average molecular weight is 405 g/mol. The molecule has 0 bridgehead atoms. The number of phenolic OH excluding ortho intramolecular Hbond substituents is 1. The van der Waals surface area contributed by atoms with Crippen LogP contribution in [0.4, 0.5) is 0 Å². The molecule has 5 rings (SSSR count). The highest BCUT2D eigenvalue weighted by molar-refractivity contribution is 5.83. The number of phenols is 1. The maximum atomic E-state index is 9.70. The second-order valence-corrected chi connectivity index (χ2v) is 8.77. The maximum absolute atomic E-state index is 9.70. The highest BCUT2D eigenvalue weighted by Gasteiger charge is 2.51. The first-order valence-corrected chi connectivity index (χ1v) is 10.7. The minimum atomic E-state index is 0.0370. The van der Waals surface area contributed by atoms with Crippen molar-refractivity contribution in [1.29, 1.82) is 0 Å². The molecule has 1 aromatic heterocycles. The standard InChI is InChI=1S/C25H28N2O3/c1-29-16-18-11-14-27(15-18)17-25(12-13-25)24-22(19-5-3-2-4-6-19)23(26-30-24)20-7-9-21(28)10-8-20/h2-10,18,28H,11-17H2,1H3. The Hall–Kier alpha value is -2.63. The van der Waals surface area contributed by atoms with E-state index in [1.807, 2.05) is 18.2 Å². The molecule has 1 aliphatic heterocycles. The highest BCUT2D eigenvalue weighted by atomic mass is 16.5. The molecular weight excluding hydrogens is 376 g/mol. The van der Waals surface area contributed by atoms with Gasteiger partial charge in [-0.25, -0.2) is 0 Å². The molecule has 1 atom stereocenters. The zero-order chi connectivity index (χ0) is 20.6. The number of aromatic hydroxyl groups is 1. The van der Waals surface area contributed by atoms with Crippen molar-refractivity contribution in [3.8, 4) is 28.1 Å². The summed E-state index contributed by atoms with van der Waals surface area (Å²) < 4.78 is 11.5. The molecule has 1 aliphatic carbocycles. The van der Waals surface area contributed by atoms with E-state index < -0.39 is 0 Å². The van der Waals surface area contributed by atoms with Crippen molar-refractivity contribution >= 4 is 0 Å². The summed E-state index contributed by atoms with van der Waals surface area (Å²) in [4.78, 5) is 2.56. The molecule has 2 fully saturated rings. The lowest BCUT2D eigenvalue weighted by Gasteiger charge is -2.22. The number of rotatable bonds is 7. The van der Waals surface area contributed by atoms with Crippen LogP contribution in [0.3, 0.4) is 0 Å². The fourth-order valence-corrected chi connectivity index (χ4v) is 4.81. The zero-order valence-electron chi connectivity index (χ0n) is 17.4. The molecule has 30 heavy (non-hydrogen) atoms. The lowest BCUT2D eigenvalue weighted by atomic mass is 9.91. The van der Waals surface area contributed by atoms with Gasteiger partial charge in [0.25, 0.3) is 0 Å². The van der Waals surface area contributed by atoms with E-state index in [2.05, 4.69) is 34.3 Å². The van der Waals surface area contributed by atoms with E-state index in [9.17, 15) is 5.11 Å². The van der Waals surface area contributed by atoms with E-state index in [4.69, 9.17) is 9.26 Å². The van der Waals surface area contributed by atoms with Crippen molar-refractivity contribution < 1.29 is 14.4 Å². The monoisotopic (exact) mass is 404 g/mol. The van der Waals surface area contributed by atoms with Gasteiger partial charge >= 0.3 is 0 Å². The molecular formula is C25H28N2O3. The van der Waals surface area contributed by atoms with Crippen molar-refractivity contribution in [2.75, 3.05) is 33.4 Å². The Morgan fingerprint density at radius 1 is 1.10 bits per heavy atom. The summed E-state index contributed by atoms with van der Waals surface area (Å²) >= 11 is 0. The fourth-order valence-electron chi connectivity index (χ4n) is 4.81. The van der Waals surface area contributed by atoms with Crippen LogP contribution in [0.5, 0.6) is 5.75 Å². The van der Waals surface area contributed by atoms with E-state index >= 15 is 0 Å². The smallest absolute Gasteiger partial charge is 0.152 e. The first kappa shape index (κ1) is 19.3. The van der Waals surface area contributed by atoms with Gasteiger partial charge in [0.15, 0.2) is 5.76 Å². The summed E-state index contributed by atoms with van der Waals surface area (Å²) in [6.45, 7) is 4.06. The number of hydrogen-bond acceptors (Lipinski definition) is 5. The van der Waals surface area contributed by atoms with Crippen molar-refractivity contribution in [3.05, 3.63) is 60.4 Å². The number of benzene rings is 2. The van der Waals surface area contributed by atoms with E-state index in [1.54, 1.807) is 19.2 Å². The molecule has 2 aliphatic rings. The molecule has 1 saturated heterocycles. The molecule has 2 heterocycles. The lowest BCUT2D eigenvalue weighted by molar-refractivity contribution is 0.151. The fraction of sp³-hybridized carbons (Fsp3) is 0.400. The zero-order valence-corrected chi connectivity index (χ0v) is 17.4. The Balaban J connectivity index is 1.50. The van der Waals surface area contributed by atoms with Crippen LogP contribution in [0.1, 0.15) is 25.0 Å². The quantitative estimate of drug-likeness (QED) is 0.618. The molecule has 5 heteroatoms. The Kier molecular flexibility index (Phi) is 5.09. The number of aromatic nitrogens is 1. The molecule has 156 valence electrons. The van der Waals surface area contributed by atoms with Gasteiger partial charge in [0, 0.05) is 31.2 Å². The summed E-state index contributed by atoms with van der Waals surface area (Å²) in [6, 6.07) is 17.6. The minimum absolute atomic E-state index is 0.0370. The molecule has 1 N–H and O–H groups in total. The van der Waals surface area contributed by atoms with Gasteiger partial charge in [-0.3, -0.25) is 0 Å². The molecule has 2 aromatic carbocycles. The summed E-state index contributed by atoms with van der Waals surface area (Å²) in [6.07, 6.45) is 3.45. The third-order valence-corrected chi connectivity index (χ3v) is 6.53.